The highest BCUT2D eigenvalue weighted by Crippen LogP contribution is 2.30. The summed E-state index contributed by atoms with van der Waals surface area (Å²) in [6.45, 7) is 3.78. The van der Waals surface area contributed by atoms with E-state index in [-0.39, 0.29) is 6.61 Å². The largest absolute Gasteiger partial charge is 0.460 e. The number of hydrogen-bond donors (Lipinski definition) is 0. The van der Waals surface area contributed by atoms with Gasteiger partial charge in [0, 0.05) is 0 Å². The monoisotopic (exact) mass is 264 g/mol. The average molecular weight is 264 g/mol. The van der Waals surface area contributed by atoms with Gasteiger partial charge in [-0.3, -0.25) is 0 Å². The molecule has 0 saturated carbocycles. The van der Waals surface area contributed by atoms with E-state index < -0.39 is 11.7 Å². The topological polar surface area (TPSA) is 18.5 Å². The Labute approximate surface area is 99.6 Å². The van der Waals surface area contributed by atoms with Crippen LogP contribution in [-0.2, 0) is 10.9 Å². The molecule has 1 rings (SSSR count). The smallest absolute Gasteiger partial charge is 0.416 e. The average Bonchev–Trinajstić information content (AvgIpc) is 2.26. The predicted octanol–water partition coefficient (Wildman–Crippen LogP) is 3.45. The molecule has 0 saturated heterocycles. The van der Waals surface area contributed by atoms with Gasteiger partial charge in [-0.25, -0.2) is 0 Å². The Morgan fingerprint density at radius 3 is 2.29 bits per heavy atom. The minimum atomic E-state index is -4.34. The number of halogens is 3. The molecule has 1 aromatic rings. The quantitative estimate of drug-likeness (QED) is 0.599. The van der Waals surface area contributed by atoms with Gasteiger partial charge in [0.05, 0.1) is 11.9 Å². The molecule has 0 N–H and O–H groups in total. The molecule has 0 amide bonds. The number of hydrogen-bond acceptors (Lipinski definition) is 2. The molecule has 0 bridgehead atoms. The maximum absolute atomic E-state index is 12.3. The van der Waals surface area contributed by atoms with Crippen molar-refractivity contribution in [3.63, 3.8) is 0 Å². The fourth-order valence-electron chi connectivity index (χ4n) is 1.08. The summed E-state index contributed by atoms with van der Waals surface area (Å²) in [6, 6.07) is 4.40. The third kappa shape index (κ3) is 4.75. The fraction of sp³-hybridized carbons (Fsp3) is 0.273. The van der Waals surface area contributed by atoms with E-state index in [9.17, 15) is 13.2 Å². The third-order valence-corrected chi connectivity index (χ3v) is 2.06. The Kier molecular flexibility index (Phi) is 4.97. The third-order valence-electron chi connectivity index (χ3n) is 1.82. The molecule has 1 atom stereocenters. The van der Waals surface area contributed by atoms with E-state index in [1.807, 2.05) is 0 Å². The molecular weight excluding hydrogens is 252 g/mol. The minimum Gasteiger partial charge on any atom is -0.460 e. The lowest BCUT2D eigenvalue weighted by molar-refractivity contribution is -0.137. The molecule has 17 heavy (non-hydrogen) atoms. The molecule has 0 aliphatic rings. The zero-order chi connectivity index (χ0) is 12.9. The van der Waals surface area contributed by atoms with Gasteiger partial charge >= 0.3 is 6.18 Å². The first-order chi connectivity index (χ1) is 7.93. The van der Waals surface area contributed by atoms with Crippen LogP contribution in [0.3, 0.4) is 0 Å². The first-order valence-electron chi connectivity index (χ1n) is 4.74. The Bertz CT molecular complexity index is 373. The van der Waals surface area contributed by atoms with Gasteiger partial charge in [0.25, 0.3) is 0 Å². The van der Waals surface area contributed by atoms with Crippen LogP contribution >= 0.6 is 9.24 Å². The van der Waals surface area contributed by atoms with E-state index in [1.54, 1.807) is 0 Å². The first kappa shape index (κ1) is 14.0. The van der Waals surface area contributed by atoms with Gasteiger partial charge in [0.15, 0.2) is 0 Å². The molecule has 0 aliphatic heterocycles. The summed E-state index contributed by atoms with van der Waals surface area (Å²) in [6.07, 6.45) is -3.90. The second kappa shape index (κ2) is 6.03. The summed E-state index contributed by atoms with van der Waals surface area (Å²) < 4.78 is 47.0. The zero-order valence-corrected chi connectivity index (χ0v) is 10.1. The van der Waals surface area contributed by atoms with Crippen LogP contribution in [0.2, 0.25) is 0 Å². The van der Waals surface area contributed by atoms with Gasteiger partial charge in [0.2, 0.25) is 0 Å². The maximum Gasteiger partial charge on any atom is 0.416 e. The van der Waals surface area contributed by atoms with Crippen molar-refractivity contribution in [2.75, 3.05) is 13.0 Å². The highest BCUT2D eigenvalue weighted by Gasteiger charge is 2.30. The van der Waals surface area contributed by atoms with Gasteiger partial charge in [-0.15, -0.1) is 9.24 Å². The van der Waals surface area contributed by atoms with Crippen molar-refractivity contribution in [1.29, 1.82) is 0 Å². The molecule has 0 aliphatic carbocycles. The van der Waals surface area contributed by atoms with Gasteiger partial charge in [0.1, 0.15) is 18.1 Å². The zero-order valence-electron chi connectivity index (χ0n) is 8.96. The molecule has 2 nitrogen and oxygen atoms in total. The highest BCUT2D eigenvalue weighted by molar-refractivity contribution is 7.16. The maximum atomic E-state index is 12.3. The Morgan fingerprint density at radius 1 is 1.24 bits per heavy atom. The molecule has 0 spiro atoms. The molecule has 0 aromatic heterocycles. The van der Waals surface area contributed by atoms with Crippen LogP contribution in [0.25, 0.3) is 0 Å². The molecule has 1 unspecified atom stereocenters. The molecule has 0 fully saturated rings. The Morgan fingerprint density at radius 2 is 1.82 bits per heavy atom. The molecule has 0 heterocycles. The Hall–Kier alpha value is -1.06. The normalized spacial score (nSPS) is 11.3. The Balaban J connectivity index is 2.60. The number of alkyl halides is 3. The summed E-state index contributed by atoms with van der Waals surface area (Å²) in [4.78, 5) is 0. The van der Waals surface area contributed by atoms with Crippen molar-refractivity contribution in [3.8, 4) is 5.75 Å². The summed E-state index contributed by atoms with van der Waals surface area (Å²) in [7, 11) is 2.37. The van der Waals surface area contributed by atoms with E-state index in [0.29, 0.717) is 17.9 Å². The van der Waals surface area contributed by atoms with Crippen LogP contribution in [0.1, 0.15) is 5.56 Å². The van der Waals surface area contributed by atoms with Crippen molar-refractivity contribution >= 4 is 9.24 Å². The van der Waals surface area contributed by atoms with Crippen LogP contribution in [-0.4, -0.2) is 13.0 Å². The second-order valence-electron chi connectivity index (χ2n) is 3.18. The lowest BCUT2D eigenvalue weighted by Crippen LogP contribution is -2.05. The van der Waals surface area contributed by atoms with E-state index in [4.69, 9.17) is 9.47 Å². The minimum absolute atomic E-state index is 0.199. The molecular formula is C11H12F3O2P. The van der Waals surface area contributed by atoms with Gasteiger partial charge < -0.3 is 9.47 Å². The first-order valence-corrected chi connectivity index (χ1v) is 5.56. The van der Waals surface area contributed by atoms with Gasteiger partial charge in [-0.05, 0) is 24.3 Å². The van der Waals surface area contributed by atoms with Crippen LogP contribution in [0.15, 0.2) is 36.6 Å². The standard InChI is InChI=1S/C11H12F3O2P/c1-8(6-15-7-17)16-10-4-2-9(3-5-10)11(12,13)14/h2-5H,1,6-7,17H2. The number of ether oxygens (including phenoxy) is 2. The SMILES string of the molecule is C=C(COCP)Oc1ccc(C(F)(F)F)cc1. The fourth-order valence-corrected chi connectivity index (χ4v) is 1.20. The lowest BCUT2D eigenvalue weighted by atomic mass is 10.2. The van der Waals surface area contributed by atoms with E-state index in [1.165, 1.54) is 12.1 Å². The van der Waals surface area contributed by atoms with Gasteiger partial charge in [-0.2, -0.15) is 13.2 Å². The number of rotatable bonds is 5. The predicted molar refractivity (Wildman–Crippen MR) is 61.7 cm³/mol. The summed E-state index contributed by atoms with van der Waals surface area (Å²) in [5.41, 5.74) is -0.711. The molecule has 6 heteroatoms. The van der Waals surface area contributed by atoms with E-state index >= 15 is 0 Å². The van der Waals surface area contributed by atoms with Crippen LogP contribution in [0.5, 0.6) is 5.75 Å². The van der Waals surface area contributed by atoms with Crippen LogP contribution in [0.4, 0.5) is 13.2 Å². The summed E-state index contributed by atoms with van der Waals surface area (Å²) in [5.74, 6) is 0.641. The van der Waals surface area contributed by atoms with E-state index in [2.05, 4.69) is 15.8 Å². The highest BCUT2D eigenvalue weighted by atomic mass is 31.0. The van der Waals surface area contributed by atoms with E-state index in [0.717, 1.165) is 12.1 Å². The van der Waals surface area contributed by atoms with Crippen molar-refractivity contribution < 1.29 is 22.6 Å². The summed E-state index contributed by atoms with van der Waals surface area (Å²) in [5, 5.41) is 0. The lowest BCUT2D eigenvalue weighted by Gasteiger charge is -2.10. The van der Waals surface area contributed by atoms with Crippen LogP contribution in [0, 0.1) is 0 Å². The molecule has 0 radical (unpaired) electrons. The van der Waals surface area contributed by atoms with Crippen molar-refractivity contribution in [1.82, 2.24) is 0 Å². The van der Waals surface area contributed by atoms with Gasteiger partial charge in [-0.1, -0.05) is 6.58 Å². The van der Waals surface area contributed by atoms with Crippen LogP contribution < -0.4 is 4.74 Å². The number of benzene rings is 1. The van der Waals surface area contributed by atoms with Crippen molar-refractivity contribution in [2.45, 2.75) is 6.18 Å². The molecule has 1 aromatic carbocycles. The molecule has 94 valence electrons. The summed E-state index contributed by atoms with van der Waals surface area (Å²) >= 11 is 0. The van der Waals surface area contributed by atoms with Crippen molar-refractivity contribution in [2.24, 2.45) is 0 Å². The van der Waals surface area contributed by atoms with Crippen molar-refractivity contribution in [3.05, 3.63) is 42.2 Å². The second-order valence-corrected chi connectivity index (χ2v) is 3.51.